The zero-order valence-electron chi connectivity index (χ0n) is 45.0. The lowest BCUT2D eigenvalue weighted by molar-refractivity contribution is 0.0787. The number of nitrogens with one attached hydrogen (secondary N) is 4. The second kappa shape index (κ2) is 26.6. The monoisotopic (exact) mass is 1060 g/mol. The number of halogens is 2. The van der Waals surface area contributed by atoms with E-state index in [1.807, 2.05) is 80.0 Å². The predicted octanol–water partition coefficient (Wildman–Crippen LogP) is 10.8. The highest BCUT2D eigenvalue weighted by Gasteiger charge is 2.24. The Bertz CT molecular complexity index is 2920. The van der Waals surface area contributed by atoms with Crippen molar-refractivity contribution in [1.82, 2.24) is 60.2 Å². The number of benzene rings is 4. The van der Waals surface area contributed by atoms with Crippen LogP contribution in [0.3, 0.4) is 0 Å². The second-order valence-corrected chi connectivity index (χ2v) is 21.2. The average Bonchev–Trinajstić information content (AvgIpc) is 4.27. The predicted molar refractivity (Wildman–Crippen MR) is 306 cm³/mol. The Morgan fingerprint density at radius 2 is 1.27 bits per heavy atom. The number of piperidine rings is 2. The van der Waals surface area contributed by atoms with Gasteiger partial charge in [0.25, 0.3) is 0 Å². The molecular formula is C58H84F2N14O3. The van der Waals surface area contributed by atoms with Crippen LogP contribution in [0.15, 0.2) is 122 Å². The SMILES string of the molecule is CC[C@H](CCN1CCC[C@@H](Cc2ccc(F)cc2)C1)NC(=O)Nc1cc(-c2nnnn2C)cc(C(C)(C)O)c1.C[C@H](CCN1CCC[C@@H](Cc2ccc(F)cc2)C1)NC(=O)Nc1cc(-n2cccn2)cc(-n2cccn2)c1.[HH].[HH].[HH].[HH].[HH]. The van der Waals surface area contributed by atoms with Crippen LogP contribution in [0, 0.1) is 23.5 Å². The molecule has 0 bridgehead atoms. The molecule has 0 saturated carbocycles. The molecule has 418 valence electrons. The van der Waals surface area contributed by atoms with E-state index in [2.05, 4.69) is 63.7 Å². The minimum Gasteiger partial charge on any atom is -0.386 e. The minimum atomic E-state index is -1.11. The van der Waals surface area contributed by atoms with Crippen molar-refractivity contribution < 1.29 is 30.6 Å². The van der Waals surface area contributed by atoms with Gasteiger partial charge < -0.3 is 36.2 Å². The number of anilines is 2. The molecule has 4 amide bonds. The maximum atomic E-state index is 13.2. The molecule has 9 rings (SSSR count). The first-order valence-corrected chi connectivity index (χ1v) is 27.0. The molecular weight excluding hydrogens is 979 g/mol. The fourth-order valence-corrected chi connectivity index (χ4v) is 10.3. The van der Waals surface area contributed by atoms with Crippen molar-refractivity contribution in [3.05, 3.63) is 150 Å². The molecule has 5 N–H and O–H groups in total. The zero-order chi connectivity index (χ0) is 54.3. The zero-order valence-corrected chi connectivity index (χ0v) is 45.0. The van der Waals surface area contributed by atoms with E-state index < -0.39 is 5.60 Å². The fraction of sp³-hybridized carbons (Fsp3) is 0.431. The Kier molecular flexibility index (Phi) is 19.3. The number of aromatic nitrogens is 8. The fourth-order valence-electron chi connectivity index (χ4n) is 10.3. The molecule has 3 aromatic heterocycles. The third-order valence-electron chi connectivity index (χ3n) is 14.4. The summed E-state index contributed by atoms with van der Waals surface area (Å²) in [4.78, 5) is 30.8. The first kappa shape index (κ1) is 55.9. The van der Waals surface area contributed by atoms with Crippen molar-refractivity contribution in [2.45, 2.75) is 103 Å². The molecule has 4 atom stereocenters. The van der Waals surface area contributed by atoms with E-state index in [1.54, 1.807) is 71.6 Å². The summed E-state index contributed by atoms with van der Waals surface area (Å²) in [5.74, 6) is 1.29. The Morgan fingerprint density at radius 3 is 1.77 bits per heavy atom. The maximum absolute atomic E-state index is 13.2. The van der Waals surface area contributed by atoms with Gasteiger partial charge in [-0.05, 0) is 203 Å². The van der Waals surface area contributed by atoms with E-state index in [4.69, 9.17) is 0 Å². The summed E-state index contributed by atoms with van der Waals surface area (Å²) in [7, 11) is 1.74. The molecule has 2 fully saturated rings. The number of rotatable bonds is 19. The van der Waals surface area contributed by atoms with E-state index in [1.165, 1.54) is 42.5 Å². The lowest BCUT2D eigenvalue weighted by atomic mass is 9.91. The molecule has 2 aliphatic rings. The molecule has 0 radical (unpaired) electrons. The highest BCUT2D eigenvalue weighted by Crippen LogP contribution is 2.30. The Morgan fingerprint density at radius 1 is 0.740 bits per heavy atom. The van der Waals surface area contributed by atoms with Gasteiger partial charge in [0.1, 0.15) is 11.6 Å². The van der Waals surface area contributed by atoms with Crippen molar-refractivity contribution >= 4 is 23.4 Å². The Labute approximate surface area is 457 Å². The van der Waals surface area contributed by atoms with Gasteiger partial charge in [0.2, 0.25) is 0 Å². The number of likely N-dealkylation sites (tertiary alicyclic amines) is 2. The molecule has 2 aliphatic heterocycles. The summed E-state index contributed by atoms with van der Waals surface area (Å²) in [5, 5.41) is 43.0. The first-order valence-electron chi connectivity index (χ1n) is 27.0. The van der Waals surface area contributed by atoms with Crippen molar-refractivity contribution in [3.63, 3.8) is 0 Å². The van der Waals surface area contributed by atoms with Crippen molar-refractivity contribution in [1.29, 1.82) is 0 Å². The van der Waals surface area contributed by atoms with Crippen molar-refractivity contribution in [2.24, 2.45) is 18.9 Å². The van der Waals surface area contributed by atoms with E-state index in [9.17, 15) is 23.5 Å². The molecule has 17 nitrogen and oxygen atoms in total. The number of aliphatic hydroxyl groups is 1. The highest BCUT2D eigenvalue weighted by molar-refractivity contribution is 5.91. The van der Waals surface area contributed by atoms with Crippen LogP contribution in [0.1, 0.15) is 96.5 Å². The van der Waals surface area contributed by atoms with Crippen LogP contribution in [0.5, 0.6) is 0 Å². The molecule has 0 aliphatic carbocycles. The van der Waals surface area contributed by atoms with Gasteiger partial charge in [-0.1, -0.05) is 31.2 Å². The molecule has 77 heavy (non-hydrogen) atoms. The summed E-state index contributed by atoms with van der Waals surface area (Å²) >= 11 is 0. The van der Waals surface area contributed by atoms with Crippen LogP contribution in [0.25, 0.3) is 22.8 Å². The molecule has 4 aromatic carbocycles. The summed E-state index contributed by atoms with van der Waals surface area (Å²) in [6.45, 7) is 13.5. The summed E-state index contributed by atoms with van der Waals surface area (Å²) in [6.07, 6.45) is 16.3. The number of hydrogen-bond donors (Lipinski definition) is 5. The lowest BCUT2D eigenvalue weighted by Gasteiger charge is -2.33. The number of carbonyl (C=O) groups excluding carboxylic acids is 2. The maximum Gasteiger partial charge on any atom is 0.319 e. The normalized spacial score (nSPS) is 16.9. The number of carbonyl (C=O) groups is 2. The second-order valence-electron chi connectivity index (χ2n) is 21.2. The third kappa shape index (κ3) is 16.8. The van der Waals surface area contributed by atoms with Crippen LogP contribution >= 0.6 is 0 Å². The minimum absolute atomic E-state index is 0. The van der Waals surface area contributed by atoms with Crippen LogP contribution in [-0.2, 0) is 25.5 Å². The summed E-state index contributed by atoms with van der Waals surface area (Å²) in [5.41, 5.74) is 5.47. The highest BCUT2D eigenvalue weighted by atomic mass is 19.1. The van der Waals surface area contributed by atoms with Gasteiger partial charge in [0.15, 0.2) is 5.82 Å². The van der Waals surface area contributed by atoms with Crippen molar-refractivity contribution in [2.75, 3.05) is 49.9 Å². The quantitative estimate of drug-likeness (QED) is 0.0521. The van der Waals surface area contributed by atoms with E-state index in [0.29, 0.717) is 40.2 Å². The van der Waals surface area contributed by atoms with Crippen LogP contribution in [0.2, 0.25) is 0 Å². The number of amides is 4. The molecule has 0 unspecified atom stereocenters. The van der Waals surface area contributed by atoms with E-state index in [0.717, 1.165) is 89.2 Å². The van der Waals surface area contributed by atoms with E-state index in [-0.39, 0.29) is 42.9 Å². The van der Waals surface area contributed by atoms with Gasteiger partial charge in [-0.15, -0.1) is 5.10 Å². The van der Waals surface area contributed by atoms with Gasteiger partial charge >= 0.3 is 12.1 Å². The van der Waals surface area contributed by atoms with Crippen molar-refractivity contribution in [3.8, 4) is 22.8 Å². The molecule has 0 spiro atoms. The molecule has 5 heterocycles. The van der Waals surface area contributed by atoms with E-state index >= 15 is 0 Å². The van der Waals surface area contributed by atoms with Gasteiger partial charge in [-0.3, -0.25) is 0 Å². The third-order valence-corrected chi connectivity index (χ3v) is 14.4. The Hall–Kier alpha value is -7.35. The van der Waals surface area contributed by atoms with Crippen LogP contribution < -0.4 is 21.3 Å². The number of urea groups is 2. The lowest BCUT2D eigenvalue weighted by Crippen LogP contribution is -2.42. The average molecular weight is 1060 g/mol. The van der Waals surface area contributed by atoms with Gasteiger partial charge in [0.05, 0.1) is 17.0 Å². The van der Waals surface area contributed by atoms with Gasteiger partial charge in [-0.25, -0.2) is 32.4 Å². The standard InChI is InChI=1S/C29H40FN7O2.C29H34FN7O.5H2/c1-5-25(12-14-37-13-6-7-21(19-37)15-20-8-10-24(30)11-9-20)31-28(38)32-26-17-22(27-33-34-35-36(27)4)16-23(18-26)29(2,3)39;1-22(10-16-35-13-2-5-24(21-35)17-23-6-8-25(30)9-7-23)33-29(38)34-26-18-27(36-14-3-11-31-36)20-28(19-26)37-15-4-12-32-37;;;;;/h8-11,16-18,21,25,39H,5-7,12-15,19H2,1-4H3,(H2,31,32,38);3-4,6-9,11-12,14-15,18-20,22,24H,2,5,10,13,16-17,21H2,1H3,(H2,33,34,38);5*1H/t21-,25+;22-,24+;;;;;/m01...../s1. The topological polar surface area (TPSA) is 188 Å². The van der Waals surface area contributed by atoms with Crippen LogP contribution in [0.4, 0.5) is 29.7 Å². The van der Waals surface area contributed by atoms with Gasteiger partial charge in [-0.2, -0.15) is 10.2 Å². The van der Waals surface area contributed by atoms with Gasteiger partial charge in [0, 0.05) is 94.2 Å². The smallest absolute Gasteiger partial charge is 0.319 e. The number of nitrogens with zero attached hydrogens (tertiary/aromatic N) is 10. The number of hydrogen-bond acceptors (Lipinski definition) is 10. The Balaban J connectivity index is 0.000000406. The number of tetrazole rings is 1. The summed E-state index contributed by atoms with van der Waals surface area (Å²) < 4.78 is 31.5. The molecule has 19 heteroatoms. The summed E-state index contributed by atoms with van der Waals surface area (Å²) in [6, 6.07) is 28.1. The van der Waals surface area contributed by atoms with Crippen LogP contribution in [-0.4, -0.2) is 118 Å². The largest absolute Gasteiger partial charge is 0.386 e. The first-order chi connectivity index (χ1) is 37.1. The molecule has 2 saturated heterocycles. The molecule has 7 aromatic rings. The number of aryl methyl sites for hydroxylation is 1.